The number of rotatable bonds is 10. The Morgan fingerprint density at radius 2 is 1.94 bits per heavy atom. The second-order valence-electron chi connectivity index (χ2n) is 6.86. The van der Waals surface area contributed by atoms with Gasteiger partial charge in [-0.1, -0.05) is 41.6 Å². The number of Topliss-reactive ketones (excluding diaryl/α,β-unsaturated/α-hetero) is 1. The SMILES string of the molecule is C=CCn1c(SCC(=O)c2ccc(OC)cc2)nnc1[C@@H](C)NC(=O)c1ccccc1Cl. The lowest BCUT2D eigenvalue weighted by Crippen LogP contribution is -2.29. The summed E-state index contributed by atoms with van der Waals surface area (Å²) < 4.78 is 6.95. The van der Waals surface area contributed by atoms with Crippen LogP contribution >= 0.6 is 23.4 Å². The minimum absolute atomic E-state index is 0.0348. The highest BCUT2D eigenvalue weighted by Gasteiger charge is 2.21. The number of benzene rings is 2. The van der Waals surface area contributed by atoms with Gasteiger partial charge in [0.2, 0.25) is 0 Å². The molecule has 0 saturated carbocycles. The van der Waals surface area contributed by atoms with Crippen LogP contribution in [0.1, 0.15) is 39.5 Å². The Morgan fingerprint density at radius 1 is 1.22 bits per heavy atom. The number of carbonyl (C=O) groups excluding carboxylic acids is 2. The van der Waals surface area contributed by atoms with Gasteiger partial charge in [0, 0.05) is 12.1 Å². The molecule has 3 aromatic rings. The number of ether oxygens (including phenoxy) is 1. The summed E-state index contributed by atoms with van der Waals surface area (Å²) in [6.45, 7) is 6.04. The summed E-state index contributed by atoms with van der Waals surface area (Å²) in [5.41, 5.74) is 0.976. The third-order valence-corrected chi connectivity index (χ3v) is 5.95. The predicted molar refractivity (Wildman–Crippen MR) is 126 cm³/mol. The molecule has 1 atom stereocenters. The van der Waals surface area contributed by atoms with Crippen LogP contribution in [0.5, 0.6) is 5.75 Å². The normalized spacial score (nSPS) is 11.6. The average Bonchev–Trinajstić information content (AvgIpc) is 3.20. The van der Waals surface area contributed by atoms with Crippen LogP contribution in [-0.2, 0) is 6.54 Å². The summed E-state index contributed by atoms with van der Waals surface area (Å²) >= 11 is 7.41. The van der Waals surface area contributed by atoms with Crippen molar-refractivity contribution in [1.29, 1.82) is 0 Å². The van der Waals surface area contributed by atoms with Crippen LogP contribution in [0, 0.1) is 0 Å². The molecule has 1 N–H and O–H groups in total. The van der Waals surface area contributed by atoms with E-state index in [0.29, 0.717) is 39.4 Å². The van der Waals surface area contributed by atoms with Gasteiger partial charge in [0.05, 0.1) is 29.5 Å². The lowest BCUT2D eigenvalue weighted by atomic mass is 10.1. The number of carbonyl (C=O) groups is 2. The summed E-state index contributed by atoms with van der Waals surface area (Å²) in [6, 6.07) is 13.4. The monoisotopic (exact) mass is 470 g/mol. The zero-order valence-electron chi connectivity index (χ0n) is 17.7. The third-order valence-electron chi connectivity index (χ3n) is 4.65. The molecule has 0 saturated heterocycles. The molecule has 0 radical (unpaired) electrons. The Labute approximate surface area is 195 Å². The Hall–Kier alpha value is -3.10. The van der Waals surface area contributed by atoms with Crippen molar-refractivity contribution in [3.8, 4) is 5.75 Å². The van der Waals surface area contributed by atoms with E-state index in [1.807, 2.05) is 11.5 Å². The number of aromatic nitrogens is 3. The van der Waals surface area contributed by atoms with Crippen molar-refractivity contribution < 1.29 is 14.3 Å². The van der Waals surface area contributed by atoms with Gasteiger partial charge < -0.3 is 14.6 Å². The first-order valence-electron chi connectivity index (χ1n) is 9.84. The second-order valence-corrected chi connectivity index (χ2v) is 8.21. The number of halogens is 1. The van der Waals surface area contributed by atoms with Gasteiger partial charge in [-0.3, -0.25) is 9.59 Å². The molecule has 9 heteroatoms. The van der Waals surface area contributed by atoms with Crippen molar-refractivity contribution in [3.63, 3.8) is 0 Å². The lowest BCUT2D eigenvalue weighted by Gasteiger charge is -2.15. The van der Waals surface area contributed by atoms with Crippen LogP contribution in [0.15, 0.2) is 66.3 Å². The van der Waals surface area contributed by atoms with Gasteiger partial charge >= 0.3 is 0 Å². The molecule has 0 unspecified atom stereocenters. The zero-order chi connectivity index (χ0) is 23.1. The fraction of sp³-hybridized carbons (Fsp3) is 0.217. The number of amides is 1. The van der Waals surface area contributed by atoms with Gasteiger partial charge in [-0.25, -0.2) is 0 Å². The van der Waals surface area contributed by atoms with Crippen LogP contribution in [0.25, 0.3) is 0 Å². The summed E-state index contributed by atoms with van der Waals surface area (Å²) in [7, 11) is 1.58. The fourth-order valence-corrected chi connectivity index (χ4v) is 4.07. The smallest absolute Gasteiger partial charge is 0.253 e. The first-order valence-corrected chi connectivity index (χ1v) is 11.2. The molecule has 0 aliphatic carbocycles. The van der Waals surface area contributed by atoms with E-state index >= 15 is 0 Å². The molecule has 7 nitrogen and oxygen atoms in total. The largest absolute Gasteiger partial charge is 0.497 e. The molecule has 1 aromatic heterocycles. The van der Waals surface area contributed by atoms with Crippen molar-refractivity contribution in [2.75, 3.05) is 12.9 Å². The highest BCUT2D eigenvalue weighted by atomic mass is 35.5. The highest BCUT2D eigenvalue weighted by Crippen LogP contribution is 2.23. The standard InChI is InChI=1S/C23H23ClN4O3S/c1-4-13-28-21(15(2)25-22(30)18-7-5-6-8-19(18)24)26-27-23(28)32-14-20(29)16-9-11-17(31-3)12-10-16/h4-12,15H,1,13-14H2,2-3H3,(H,25,30)/t15-/m1/s1. The maximum atomic E-state index is 12.6. The topological polar surface area (TPSA) is 86.1 Å². The quantitative estimate of drug-likeness (QED) is 0.265. The molecule has 32 heavy (non-hydrogen) atoms. The van der Waals surface area contributed by atoms with Crippen molar-refractivity contribution in [3.05, 3.63) is 83.2 Å². The number of thioether (sulfide) groups is 1. The number of nitrogens with one attached hydrogen (secondary N) is 1. The highest BCUT2D eigenvalue weighted by molar-refractivity contribution is 7.99. The maximum absolute atomic E-state index is 12.6. The van der Waals surface area contributed by atoms with E-state index in [2.05, 4.69) is 22.1 Å². The van der Waals surface area contributed by atoms with E-state index in [4.69, 9.17) is 16.3 Å². The Morgan fingerprint density at radius 3 is 2.59 bits per heavy atom. The van der Waals surface area contributed by atoms with Crippen molar-refractivity contribution >= 4 is 35.1 Å². The average molecular weight is 471 g/mol. The molecule has 0 spiro atoms. The molecule has 2 aromatic carbocycles. The van der Waals surface area contributed by atoms with Crippen LogP contribution in [0.4, 0.5) is 0 Å². The Kier molecular flexibility index (Phi) is 8.08. The minimum Gasteiger partial charge on any atom is -0.497 e. The summed E-state index contributed by atoms with van der Waals surface area (Å²) in [5, 5.41) is 12.3. The van der Waals surface area contributed by atoms with Gasteiger partial charge in [-0.2, -0.15) is 0 Å². The molecule has 166 valence electrons. The minimum atomic E-state index is -0.433. The van der Waals surface area contributed by atoms with Gasteiger partial charge in [0.1, 0.15) is 5.75 Å². The van der Waals surface area contributed by atoms with Gasteiger partial charge in [0.15, 0.2) is 16.8 Å². The molecule has 0 bridgehead atoms. The lowest BCUT2D eigenvalue weighted by molar-refractivity contribution is 0.0937. The molecule has 0 fully saturated rings. The number of methoxy groups -OCH3 is 1. The molecule has 0 aliphatic rings. The van der Waals surface area contributed by atoms with E-state index in [-0.39, 0.29) is 17.4 Å². The molecule has 3 rings (SSSR count). The molecule has 0 aliphatic heterocycles. The maximum Gasteiger partial charge on any atom is 0.253 e. The molecule has 1 amide bonds. The molecular formula is C23H23ClN4O3S. The number of ketones is 1. The number of nitrogens with zero attached hydrogens (tertiary/aromatic N) is 3. The summed E-state index contributed by atoms with van der Waals surface area (Å²) in [5.74, 6) is 1.11. The Bertz CT molecular complexity index is 1110. The van der Waals surface area contributed by atoms with Gasteiger partial charge in [-0.15, -0.1) is 16.8 Å². The first kappa shape index (κ1) is 23.6. The van der Waals surface area contributed by atoms with E-state index in [1.54, 1.807) is 61.7 Å². The summed E-state index contributed by atoms with van der Waals surface area (Å²) in [4.78, 5) is 25.2. The molecule has 1 heterocycles. The molecular weight excluding hydrogens is 448 g/mol. The van der Waals surface area contributed by atoms with Crippen molar-refractivity contribution in [2.24, 2.45) is 0 Å². The van der Waals surface area contributed by atoms with Crippen LogP contribution in [0.3, 0.4) is 0 Å². The zero-order valence-corrected chi connectivity index (χ0v) is 19.3. The number of hydrogen-bond acceptors (Lipinski definition) is 6. The van der Waals surface area contributed by atoms with Crippen LogP contribution in [-0.4, -0.2) is 39.3 Å². The Balaban J connectivity index is 1.71. The second kappa shape index (κ2) is 11.0. The predicted octanol–water partition coefficient (Wildman–Crippen LogP) is 4.59. The first-order chi connectivity index (χ1) is 15.4. The van der Waals surface area contributed by atoms with Crippen LogP contribution < -0.4 is 10.1 Å². The summed E-state index contributed by atoms with van der Waals surface area (Å²) in [6.07, 6.45) is 1.71. The van der Waals surface area contributed by atoms with Crippen LogP contribution in [0.2, 0.25) is 5.02 Å². The van der Waals surface area contributed by atoms with Gasteiger partial charge in [0.25, 0.3) is 5.91 Å². The van der Waals surface area contributed by atoms with E-state index < -0.39 is 6.04 Å². The van der Waals surface area contributed by atoms with Crippen molar-refractivity contribution in [2.45, 2.75) is 24.7 Å². The fourth-order valence-electron chi connectivity index (χ4n) is 3.00. The third kappa shape index (κ3) is 5.57. The van der Waals surface area contributed by atoms with Crippen molar-refractivity contribution in [1.82, 2.24) is 20.1 Å². The number of allylic oxidation sites excluding steroid dienone is 1. The van der Waals surface area contributed by atoms with E-state index in [1.165, 1.54) is 11.8 Å². The van der Waals surface area contributed by atoms with E-state index in [9.17, 15) is 9.59 Å². The van der Waals surface area contributed by atoms with Gasteiger partial charge in [-0.05, 0) is 43.3 Å². The number of hydrogen-bond donors (Lipinski definition) is 1. The van der Waals surface area contributed by atoms with E-state index in [0.717, 1.165) is 0 Å².